The largest absolute Gasteiger partial charge is 0.370 e. The second kappa shape index (κ2) is 3.38. The Morgan fingerprint density at radius 1 is 1.27 bits per heavy atom. The van der Waals surface area contributed by atoms with Gasteiger partial charge in [-0.2, -0.15) is 0 Å². The zero-order valence-corrected chi connectivity index (χ0v) is 9.41. The van der Waals surface area contributed by atoms with Crippen LogP contribution in [0.2, 0.25) is 0 Å². The fourth-order valence-corrected chi connectivity index (χ4v) is 1.70. The molecule has 2 N–H and O–H groups in total. The maximum absolute atomic E-state index is 9.39. The summed E-state index contributed by atoms with van der Waals surface area (Å²) in [6, 6.07) is 6.31. The molecule has 0 fully saturated rings. The molecule has 0 aromatic heterocycles. The molecule has 1 atom stereocenters. The highest BCUT2D eigenvalue weighted by molar-refractivity contribution is 5.71. The second-order valence-electron chi connectivity index (χ2n) is 5.00. The minimum atomic E-state index is -0.557. The van der Waals surface area contributed by atoms with Crippen molar-refractivity contribution in [3.8, 4) is 0 Å². The summed E-state index contributed by atoms with van der Waals surface area (Å²) in [6.45, 7) is 6.59. The van der Waals surface area contributed by atoms with Crippen molar-refractivity contribution in [3.05, 3.63) is 35.4 Å². The number of hydrogen-bond acceptors (Lipinski definition) is 2. The van der Waals surface area contributed by atoms with Crippen LogP contribution >= 0.6 is 0 Å². The SMILES string of the molecule is CC(C)(C)c1ccc2c(c1)C=CC(O)N2. The van der Waals surface area contributed by atoms with E-state index in [1.54, 1.807) is 6.08 Å². The minimum Gasteiger partial charge on any atom is -0.370 e. The van der Waals surface area contributed by atoms with Gasteiger partial charge in [0.2, 0.25) is 0 Å². The van der Waals surface area contributed by atoms with Crippen molar-refractivity contribution in [1.29, 1.82) is 0 Å². The van der Waals surface area contributed by atoms with E-state index in [4.69, 9.17) is 0 Å². The lowest BCUT2D eigenvalue weighted by atomic mass is 9.85. The average Bonchev–Trinajstić information content (AvgIpc) is 2.15. The van der Waals surface area contributed by atoms with Crippen LogP contribution in [0.4, 0.5) is 5.69 Å². The van der Waals surface area contributed by atoms with Gasteiger partial charge in [0.15, 0.2) is 0 Å². The monoisotopic (exact) mass is 203 g/mol. The van der Waals surface area contributed by atoms with Crippen LogP contribution in [-0.4, -0.2) is 11.3 Å². The fourth-order valence-electron chi connectivity index (χ4n) is 1.70. The minimum absolute atomic E-state index is 0.166. The molecule has 1 heterocycles. The highest BCUT2D eigenvalue weighted by atomic mass is 16.3. The molecule has 0 spiro atoms. The van der Waals surface area contributed by atoms with Crippen molar-refractivity contribution < 1.29 is 5.11 Å². The highest BCUT2D eigenvalue weighted by Crippen LogP contribution is 2.29. The van der Waals surface area contributed by atoms with Crippen molar-refractivity contribution in [2.45, 2.75) is 32.4 Å². The van der Waals surface area contributed by atoms with Crippen molar-refractivity contribution >= 4 is 11.8 Å². The van der Waals surface area contributed by atoms with Crippen LogP contribution < -0.4 is 5.32 Å². The van der Waals surface area contributed by atoms with E-state index in [1.807, 2.05) is 12.1 Å². The molecule has 1 aromatic rings. The van der Waals surface area contributed by atoms with E-state index < -0.39 is 6.23 Å². The van der Waals surface area contributed by atoms with Gasteiger partial charge >= 0.3 is 0 Å². The molecule has 0 bridgehead atoms. The van der Waals surface area contributed by atoms with Gasteiger partial charge in [-0.3, -0.25) is 0 Å². The second-order valence-corrected chi connectivity index (χ2v) is 5.00. The van der Waals surface area contributed by atoms with Gasteiger partial charge in [-0.05, 0) is 34.8 Å². The van der Waals surface area contributed by atoms with Crippen LogP contribution in [-0.2, 0) is 5.41 Å². The standard InChI is InChI=1S/C13H17NO/c1-13(2,3)10-5-6-11-9(8-10)4-7-12(15)14-11/h4-8,12,14-15H,1-3H3. The molecule has 2 nitrogen and oxygen atoms in total. The third-order valence-electron chi connectivity index (χ3n) is 2.68. The van der Waals surface area contributed by atoms with E-state index >= 15 is 0 Å². The first-order valence-corrected chi connectivity index (χ1v) is 5.24. The summed E-state index contributed by atoms with van der Waals surface area (Å²) >= 11 is 0. The van der Waals surface area contributed by atoms with E-state index in [0.717, 1.165) is 11.3 Å². The number of benzene rings is 1. The fraction of sp³-hybridized carbons (Fsp3) is 0.385. The van der Waals surface area contributed by atoms with Gasteiger partial charge in [0.1, 0.15) is 6.23 Å². The molecular formula is C13H17NO. The summed E-state index contributed by atoms with van der Waals surface area (Å²) in [5.41, 5.74) is 3.62. The first kappa shape index (κ1) is 10.2. The molecule has 2 heteroatoms. The number of fused-ring (bicyclic) bond motifs is 1. The molecule has 0 saturated heterocycles. The smallest absolute Gasteiger partial charge is 0.144 e. The molecule has 2 rings (SSSR count). The molecule has 1 aliphatic rings. The summed E-state index contributed by atoms with van der Waals surface area (Å²) in [4.78, 5) is 0. The normalized spacial score (nSPS) is 19.6. The van der Waals surface area contributed by atoms with E-state index in [9.17, 15) is 5.11 Å². The first-order valence-electron chi connectivity index (χ1n) is 5.24. The lowest BCUT2D eigenvalue weighted by Gasteiger charge is -2.23. The Bertz CT molecular complexity index is 401. The Kier molecular flexibility index (Phi) is 2.31. The number of rotatable bonds is 0. The summed E-state index contributed by atoms with van der Waals surface area (Å²) < 4.78 is 0. The number of anilines is 1. The third kappa shape index (κ3) is 2.05. The Morgan fingerprint density at radius 2 is 2.00 bits per heavy atom. The molecule has 0 saturated carbocycles. The van der Waals surface area contributed by atoms with Crippen molar-refractivity contribution in [2.75, 3.05) is 5.32 Å². The van der Waals surface area contributed by atoms with Gasteiger partial charge < -0.3 is 10.4 Å². The molecule has 0 aliphatic carbocycles. The Hall–Kier alpha value is -1.28. The lowest BCUT2D eigenvalue weighted by molar-refractivity contribution is 0.252. The zero-order valence-electron chi connectivity index (χ0n) is 9.41. The third-order valence-corrected chi connectivity index (χ3v) is 2.68. The Balaban J connectivity index is 2.42. The van der Waals surface area contributed by atoms with Crippen LogP contribution in [0.1, 0.15) is 31.9 Å². The topological polar surface area (TPSA) is 32.3 Å². The lowest BCUT2D eigenvalue weighted by Crippen LogP contribution is -2.19. The average molecular weight is 203 g/mol. The van der Waals surface area contributed by atoms with Crippen molar-refractivity contribution in [2.24, 2.45) is 0 Å². The molecule has 1 aromatic carbocycles. The predicted octanol–water partition coefficient (Wildman–Crippen LogP) is 2.74. The van der Waals surface area contributed by atoms with Crippen LogP contribution in [0.25, 0.3) is 6.08 Å². The number of nitrogens with one attached hydrogen (secondary N) is 1. The van der Waals surface area contributed by atoms with Gasteiger partial charge in [-0.25, -0.2) is 0 Å². The van der Waals surface area contributed by atoms with Crippen LogP contribution in [0.5, 0.6) is 0 Å². The van der Waals surface area contributed by atoms with Crippen molar-refractivity contribution in [3.63, 3.8) is 0 Å². The molecular weight excluding hydrogens is 186 g/mol. The zero-order chi connectivity index (χ0) is 11.1. The van der Waals surface area contributed by atoms with Gasteiger partial charge in [0, 0.05) is 5.69 Å². The van der Waals surface area contributed by atoms with Gasteiger partial charge in [0.25, 0.3) is 0 Å². The van der Waals surface area contributed by atoms with Gasteiger partial charge in [-0.15, -0.1) is 0 Å². The van der Waals surface area contributed by atoms with Crippen LogP contribution in [0, 0.1) is 0 Å². The van der Waals surface area contributed by atoms with Crippen molar-refractivity contribution in [1.82, 2.24) is 0 Å². The molecule has 80 valence electrons. The van der Waals surface area contributed by atoms with Crippen LogP contribution in [0.15, 0.2) is 24.3 Å². The molecule has 0 radical (unpaired) electrons. The predicted molar refractivity (Wildman–Crippen MR) is 63.8 cm³/mol. The Labute approximate surface area is 90.6 Å². The van der Waals surface area contributed by atoms with Gasteiger partial charge in [-0.1, -0.05) is 32.9 Å². The summed E-state index contributed by atoms with van der Waals surface area (Å²) in [6.07, 6.45) is 3.17. The van der Waals surface area contributed by atoms with E-state index in [-0.39, 0.29) is 5.41 Å². The van der Waals surface area contributed by atoms with E-state index in [0.29, 0.717) is 0 Å². The highest BCUT2D eigenvalue weighted by Gasteiger charge is 2.16. The van der Waals surface area contributed by atoms with E-state index in [1.165, 1.54) is 5.56 Å². The number of hydrogen-bond donors (Lipinski definition) is 2. The molecule has 15 heavy (non-hydrogen) atoms. The summed E-state index contributed by atoms with van der Waals surface area (Å²) in [5.74, 6) is 0. The summed E-state index contributed by atoms with van der Waals surface area (Å²) in [5, 5.41) is 12.4. The quantitative estimate of drug-likeness (QED) is 0.679. The first-order chi connectivity index (χ1) is 6.97. The maximum Gasteiger partial charge on any atom is 0.144 e. The number of aliphatic hydroxyl groups excluding tert-OH is 1. The van der Waals surface area contributed by atoms with E-state index in [2.05, 4.69) is 38.2 Å². The molecule has 0 amide bonds. The Morgan fingerprint density at radius 3 is 2.67 bits per heavy atom. The van der Waals surface area contributed by atoms with Crippen LogP contribution in [0.3, 0.4) is 0 Å². The maximum atomic E-state index is 9.39. The van der Waals surface area contributed by atoms with Gasteiger partial charge in [0.05, 0.1) is 0 Å². The summed E-state index contributed by atoms with van der Waals surface area (Å²) in [7, 11) is 0. The number of aliphatic hydroxyl groups is 1. The molecule has 1 unspecified atom stereocenters. The molecule has 1 aliphatic heterocycles.